The summed E-state index contributed by atoms with van der Waals surface area (Å²) in [5, 5.41) is 79.3. The fraction of sp³-hybridized carbons (Fsp3) is 0.0870. The summed E-state index contributed by atoms with van der Waals surface area (Å²) in [6.07, 6.45) is 0. The molecule has 0 amide bonds. The van der Waals surface area contributed by atoms with Crippen LogP contribution >= 0.6 is 0 Å². The van der Waals surface area contributed by atoms with Crippen LogP contribution in [0, 0.1) is 0 Å². The van der Waals surface area contributed by atoms with Crippen LogP contribution in [0.3, 0.4) is 0 Å². The Morgan fingerprint density at radius 3 is 0.677 bits per heavy atom. The molecule has 4 aromatic carbocycles. The number of hydrogen-bond acceptors (Lipinski definition) is 14. The van der Waals surface area contributed by atoms with Crippen molar-refractivity contribution in [3.8, 4) is 0 Å². The van der Waals surface area contributed by atoms with Crippen molar-refractivity contribution in [1.29, 1.82) is 0 Å². The maximum Gasteiger partial charge on any atom is 2.00 e. The van der Waals surface area contributed by atoms with Gasteiger partial charge in [-0.25, -0.2) is 9.97 Å². The topological polar surface area (TPSA) is 217 Å². The predicted octanol–water partition coefficient (Wildman–Crippen LogP) is 4.28. The number of pyridine rings is 2. The molecule has 316 valence electrons. The van der Waals surface area contributed by atoms with Crippen molar-refractivity contribution >= 4 is 46.4 Å². The molecule has 0 fully saturated rings. The van der Waals surface area contributed by atoms with E-state index in [2.05, 4.69) is 50.8 Å². The van der Waals surface area contributed by atoms with Gasteiger partial charge in [0.25, 0.3) is 0 Å². The summed E-state index contributed by atoms with van der Waals surface area (Å²) in [6, 6.07) is 45.4. The predicted molar refractivity (Wildman–Crippen MR) is 229 cm³/mol. The van der Waals surface area contributed by atoms with E-state index in [-0.39, 0.29) is 33.0 Å². The van der Waals surface area contributed by atoms with Crippen LogP contribution in [-0.2, 0) is 33.0 Å². The minimum absolute atomic E-state index is 0. The molecule has 0 aliphatic heterocycles. The van der Waals surface area contributed by atoms with Gasteiger partial charge in [-0.1, -0.05) is 133 Å². The minimum atomic E-state index is -0.429. The third kappa shape index (κ3) is 15.1. The molecular weight excluding hydrogens is 874 g/mol. The maximum atomic E-state index is 12.1. The van der Waals surface area contributed by atoms with Gasteiger partial charge in [0.15, 0.2) is 0 Å². The average Bonchev–Trinajstić information content (AvgIpc) is 3.31. The van der Waals surface area contributed by atoms with Gasteiger partial charge in [-0.05, 0) is 74.2 Å². The van der Waals surface area contributed by atoms with E-state index in [9.17, 15) is 20.4 Å². The molecule has 0 radical (unpaired) electrons. The Balaban J connectivity index is 0.000000320. The van der Waals surface area contributed by atoms with Crippen molar-refractivity contribution in [2.45, 2.75) is 27.7 Å². The number of benzene rings is 4. The van der Waals surface area contributed by atoms with Crippen LogP contribution in [0.25, 0.3) is 0 Å². The molecule has 0 saturated heterocycles. The van der Waals surface area contributed by atoms with Crippen LogP contribution in [0.2, 0.25) is 0 Å². The SMILES string of the molecule is C/C(=N\N=C(/[O-])c1ccccc1)c1cccc(/C(C)=N/N=C(\[O-])c2ccccc2)n1.C/C(=N\N=C(/[O-])c1ccccc1)c1cccc(/C(C)=N/N=C(\[O-])c2ccccc2)n1.[Ni+2].[Ni+2]. The van der Waals surface area contributed by atoms with Crippen LogP contribution in [0.4, 0.5) is 0 Å². The number of hydrogen-bond donors (Lipinski definition) is 0. The van der Waals surface area contributed by atoms with Gasteiger partial charge in [-0.15, -0.1) is 0 Å². The van der Waals surface area contributed by atoms with Crippen LogP contribution in [-0.4, -0.2) is 56.4 Å². The van der Waals surface area contributed by atoms with E-state index in [4.69, 9.17) is 0 Å². The van der Waals surface area contributed by atoms with E-state index in [1.165, 1.54) is 0 Å². The summed E-state index contributed by atoms with van der Waals surface area (Å²) in [6.45, 7) is 6.85. The van der Waals surface area contributed by atoms with Crippen molar-refractivity contribution in [2.75, 3.05) is 0 Å². The normalized spacial score (nSPS) is 13.0. The maximum absolute atomic E-state index is 12.1. The van der Waals surface area contributed by atoms with Crippen molar-refractivity contribution in [2.24, 2.45) is 40.8 Å². The standard InChI is InChI=1S/2C23H21N5O2.2Ni/c2*1-16(25-27-22(29)18-10-5-3-6-11-18)20-14-9-15-21(24-20)17(2)26-28-23(30)19-12-7-4-8-13-19;;/h2*3-15H,1-2H3,(H,27,29)(H,28,30);;/q;;2*+2/p-4/b2*25-16+,26-17+;;. The Morgan fingerprint density at radius 2 is 0.484 bits per heavy atom. The van der Waals surface area contributed by atoms with Crippen LogP contribution in [0.1, 0.15) is 72.7 Å². The summed E-state index contributed by atoms with van der Waals surface area (Å²) in [4.78, 5) is 8.94. The zero-order valence-corrected chi connectivity index (χ0v) is 35.7. The van der Waals surface area contributed by atoms with Crippen LogP contribution in [0.15, 0.2) is 199 Å². The molecule has 62 heavy (non-hydrogen) atoms. The number of aromatic nitrogens is 2. The molecule has 14 nitrogen and oxygen atoms in total. The smallest absolute Gasteiger partial charge is 0.857 e. The van der Waals surface area contributed by atoms with Gasteiger partial charge in [-0.3, -0.25) is 0 Å². The molecule has 2 heterocycles. The first-order valence-corrected chi connectivity index (χ1v) is 18.4. The zero-order chi connectivity index (χ0) is 42.7. The summed E-state index contributed by atoms with van der Waals surface area (Å²) >= 11 is 0. The molecule has 0 aliphatic carbocycles. The van der Waals surface area contributed by atoms with Gasteiger partial charge in [0.05, 0.1) is 45.6 Å². The monoisotopic (exact) mass is 910 g/mol. The van der Waals surface area contributed by atoms with E-state index in [1.807, 2.05) is 24.3 Å². The first kappa shape index (κ1) is 49.1. The van der Waals surface area contributed by atoms with Gasteiger partial charge >= 0.3 is 33.0 Å². The Labute approximate surface area is 379 Å². The Morgan fingerprint density at radius 1 is 0.290 bits per heavy atom. The fourth-order valence-corrected chi connectivity index (χ4v) is 4.92. The van der Waals surface area contributed by atoms with Crippen molar-refractivity contribution in [3.63, 3.8) is 0 Å². The van der Waals surface area contributed by atoms with Crippen molar-refractivity contribution in [3.05, 3.63) is 203 Å². The third-order valence-corrected chi connectivity index (χ3v) is 8.23. The average molecular weight is 912 g/mol. The van der Waals surface area contributed by atoms with Gasteiger partial charge in [0, 0.05) is 23.6 Å². The first-order chi connectivity index (χ1) is 29.1. The van der Waals surface area contributed by atoms with Gasteiger partial charge in [-0.2, -0.15) is 40.8 Å². The fourth-order valence-electron chi connectivity index (χ4n) is 4.92. The molecule has 0 saturated carbocycles. The van der Waals surface area contributed by atoms with Gasteiger partial charge < -0.3 is 20.4 Å². The first-order valence-electron chi connectivity index (χ1n) is 18.4. The second-order valence-electron chi connectivity index (χ2n) is 12.6. The molecule has 6 aromatic rings. The molecule has 2 aromatic heterocycles. The van der Waals surface area contributed by atoms with Crippen LogP contribution < -0.4 is 20.4 Å². The minimum Gasteiger partial charge on any atom is -0.857 e. The van der Waals surface area contributed by atoms with Crippen LogP contribution in [0.5, 0.6) is 0 Å². The summed E-state index contributed by atoms with van der Waals surface area (Å²) < 4.78 is 0. The Hall–Kier alpha value is -7.27. The Bertz CT molecular complexity index is 2260. The zero-order valence-electron chi connectivity index (χ0n) is 33.7. The molecule has 0 atom stereocenters. The molecule has 0 bridgehead atoms. The molecule has 0 N–H and O–H groups in total. The summed E-state index contributed by atoms with van der Waals surface area (Å²) in [5.41, 5.74) is 5.93. The van der Waals surface area contributed by atoms with E-state index < -0.39 is 23.6 Å². The number of rotatable bonds is 12. The molecule has 16 heteroatoms. The molecular formula is C46H38N10Ni2O4. The second kappa shape index (κ2) is 25.4. The van der Waals surface area contributed by atoms with Gasteiger partial charge in [0.1, 0.15) is 0 Å². The van der Waals surface area contributed by atoms with E-state index in [0.29, 0.717) is 67.9 Å². The largest absolute Gasteiger partial charge is 2.00 e. The quantitative estimate of drug-likeness (QED) is 0.0755. The number of nitrogens with zero attached hydrogens (tertiary/aromatic N) is 10. The second-order valence-corrected chi connectivity index (χ2v) is 12.6. The van der Waals surface area contributed by atoms with Gasteiger partial charge in [0.2, 0.25) is 0 Å². The third-order valence-electron chi connectivity index (χ3n) is 8.23. The summed E-state index contributed by atoms with van der Waals surface area (Å²) in [5.74, 6) is -1.71. The van der Waals surface area contributed by atoms with E-state index in [0.717, 1.165) is 0 Å². The van der Waals surface area contributed by atoms with Crippen molar-refractivity contribution < 1.29 is 53.4 Å². The Kier molecular flexibility index (Phi) is 20.1. The van der Waals surface area contributed by atoms with E-state index in [1.54, 1.807) is 161 Å². The van der Waals surface area contributed by atoms with E-state index >= 15 is 0 Å². The summed E-state index contributed by atoms with van der Waals surface area (Å²) in [7, 11) is 0. The van der Waals surface area contributed by atoms with Crippen molar-refractivity contribution in [1.82, 2.24) is 9.97 Å². The molecule has 0 aliphatic rings. The molecule has 0 unspecified atom stereocenters. The molecule has 6 rings (SSSR count). The molecule has 0 spiro atoms.